The molecule has 0 aromatic carbocycles. The van der Waals surface area contributed by atoms with Crippen molar-refractivity contribution in [3.8, 4) is 5.88 Å². The Balaban J connectivity index is 2.01. The summed E-state index contributed by atoms with van der Waals surface area (Å²) in [6.45, 7) is 5.28. The average molecular weight is 246 g/mol. The highest BCUT2D eigenvalue weighted by atomic mass is 16.5. The second kappa shape index (κ2) is 5.53. The van der Waals surface area contributed by atoms with Crippen LogP contribution in [0.2, 0.25) is 0 Å². The number of aromatic nitrogens is 3. The molecule has 0 fully saturated rings. The van der Waals surface area contributed by atoms with Gasteiger partial charge in [0.1, 0.15) is 5.82 Å². The molecule has 5 heteroatoms. The Morgan fingerprint density at radius 1 is 1.39 bits per heavy atom. The molecule has 0 aliphatic heterocycles. The van der Waals surface area contributed by atoms with Gasteiger partial charge >= 0.3 is 0 Å². The van der Waals surface area contributed by atoms with E-state index in [1.165, 1.54) is 5.56 Å². The normalized spacial score (nSPS) is 10.4. The fraction of sp³-hybridized carbons (Fsp3) is 0.385. The highest BCUT2D eigenvalue weighted by Crippen LogP contribution is 2.13. The van der Waals surface area contributed by atoms with Gasteiger partial charge in [0.05, 0.1) is 12.3 Å². The van der Waals surface area contributed by atoms with E-state index in [1.54, 1.807) is 0 Å². The lowest BCUT2D eigenvalue weighted by atomic mass is 10.2. The maximum absolute atomic E-state index is 5.36. The Hall–Kier alpha value is -2.04. The summed E-state index contributed by atoms with van der Waals surface area (Å²) >= 11 is 0. The molecular weight excluding hydrogens is 228 g/mol. The first-order chi connectivity index (χ1) is 8.69. The van der Waals surface area contributed by atoms with Crippen molar-refractivity contribution in [1.29, 1.82) is 0 Å². The van der Waals surface area contributed by atoms with Crippen molar-refractivity contribution in [2.24, 2.45) is 7.05 Å². The summed E-state index contributed by atoms with van der Waals surface area (Å²) in [6.07, 6.45) is 2.01. The molecule has 18 heavy (non-hydrogen) atoms. The third-order valence-electron chi connectivity index (χ3n) is 2.59. The second-order valence-electron chi connectivity index (χ2n) is 4.06. The van der Waals surface area contributed by atoms with Gasteiger partial charge in [-0.25, -0.2) is 0 Å². The van der Waals surface area contributed by atoms with E-state index in [-0.39, 0.29) is 0 Å². The molecule has 0 saturated carbocycles. The van der Waals surface area contributed by atoms with Gasteiger partial charge in [0.2, 0.25) is 5.88 Å². The number of ether oxygens (including phenoxy) is 1. The molecule has 2 rings (SSSR count). The standard InChI is InChI=1S/C13H18N4O/c1-4-18-13-7-5-6-12(15-13)14-8-11-9-17(3)16-10(11)2/h5-7,9H,4,8H2,1-3H3,(H,14,15). The molecule has 0 aliphatic carbocycles. The Kier molecular flexibility index (Phi) is 3.82. The highest BCUT2D eigenvalue weighted by molar-refractivity contribution is 5.38. The Labute approximate surface area is 107 Å². The quantitative estimate of drug-likeness (QED) is 0.878. The number of hydrogen-bond acceptors (Lipinski definition) is 4. The Morgan fingerprint density at radius 2 is 2.22 bits per heavy atom. The van der Waals surface area contributed by atoms with E-state index >= 15 is 0 Å². The first-order valence-corrected chi connectivity index (χ1v) is 6.02. The molecule has 0 aliphatic rings. The fourth-order valence-electron chi connectivity index (χ4n) is 1.75. The van der Waals surface area contributed by atoms with Gasteiger partial charge in [0.25, 0.3) is 0 Å². The van der Waals surface area contributed by atoms with E-state index in [0.29, 0.717) is 19.0 Å². The van der Waals surface area contributed by atoms with E-state index in [4.69, 9.17) is 4.74 Å². The van der Waals surface area contributed by atoms with E-state index in [2.05, 4.69) is 15.4 Å². The molecule has 0 spiro atoms. The molecule has 1 N–H and O–H groups in total. The topological polar surface area (TPSA) is 52.0 Å². The van der Waals surface area contributed by atoms with Crippen molar-refractivity contribution in [1.82, 2.24) is 14.8 Å². The number of rotatable bonds is 5. The predicted molar refractivity (Wildman–Crippen MR) is 70.7 cm³/mol. The Bertz CT molecular complexity index is 521. The molecule has 0 unspecified atom stereocenters. The number of anilines is 1. The lowest BCUT2D eigenvalue weighted by Gasteiger charge is -2.07. The van der Waals surface area contributed by atoms with Crippen molar-refractivity contribution in [2.45, 2.75) is 20.4 Å². The van der Waals surface area contributed by atoms with Crippen LogP contribution in [0.5, 0.6) is 5.88 Å². The van der Waals surface area contributed by atoms with Crippen LogP contribution in [-0.4, -0.2) is 21.4 Å². The number of nitrogens with zero attached hydrogens (tertiary/aromatic N) is 3. The predicted octanol–water partition coefficient (Wildman–Crippen LogP) is 2.13. The third-order valence-corrected chi connectivity index (χ3v) is 2.59. The molecule has 5 nitrogen and oxygen atoms in total. The van der Waals surface area contributed by atoms with Crippen molar-refractivity contribution in [3.05, 3.63) is 35.7 Å². The van der Waals surface area contributed by atoms with Crippen LogP contribution in [0.3, 0.4) is 0 Å². The van der Waals surface area contributed by atoms with Crippen LogP contribution < -0.4 is 10.1 Å². The van der Waals surface area contributed by atoms with E-state index in [1.807, 2.05) is 50.0 Å². The van der Waals surface area contributed by atoms with Crippen molar-refractivity contribution in [3.63, 3.8) is 0 Å². The summed E-state index contributed by atoms with van der Waals surface area (Å²) < 4.78 is 7.17. The van der Waals surface area contributed by atoms with Crippen LogP contribution in [0.1, 0.15) is 18.2 Å². The fourth-order valence-corrected chi connectivity index (χ4v) is 1.75. The summed E-state index contributed by atoms with van der Waals surface area (Å²) in [4.78, 5) is 4.35. The van der Waals surface area contributed by atoms with Gasteiger partial charge < -0.3 is 10.1 Å². The summed E-state index contributed by atoms with van der Waals surface area (Å²) in [6, 6.07) is 5.70. The minimum Gasteiger partial charge on any atom is -0.478 e. The monoisotopic (exact) mass is 246 g/mol. The van der Waals surface area contributed by atoms with Crippen LogP contribution in [-0.2, 0) is 13.6 Å². The first kappa shape index (κ1) is 12.4. The highest BCUT2D eigenvalue weighted by Gasteiger charge is 2.03. The van der Waals surface area contributed by atoms with Crippen molar-refractivity contribution >= 4 is 5.82 Å². The molecule has 0 amide bonds. The number of aryl methyl sites for hydroxylation is 2. The van der Waals surface area contributed by atoms with Gasteiger partial charge in [0, 0.05) is 31.4 Å². The second-order valence-corrected chi connectivity index (χ2v) is 4.06. The summed E-state index contributed by atoms with van der Waals surface area (Å²) in [7, 11) is 1.92. The maximum Gasteiger partial charge on any atom is 0.215 e. The largest absolute Gasteiger partial charge is 0.478 e. The van der Waals surface area contributed by atoms with Gasteiger partial charge in [-0.2, -0.15) is 10.1 Å². The van der Waals surface area contributed by atoms with Crippen LogP contribution in [0, 0.1) is 6.92 Å². The Morgan fingerprint density at radius 3 is 2.89 bits per heavy atom. The van der Waals surface area contributed by atoms with Gasteiger partial charge in [-0.3, -0.25) is 4.68 Å². The van der Waals surface area contributed by atoms with E-state index < -0.39 is 0 Å². The third kappa shape index (κ3) is 3.00. The smallest absolute Gasteiger partial charge is 0.215 e. The zero-order chi connectivity index (χ0) is 13.0. The first-order valence-electron chi connectivity index (χ1n) is 6.02. The molecule has 0 radical (unpaired) electrons. The van der Waals surface area contributed by atoms with Crippen molar-refractivity contribution < 1.29 is 4.74 Å². The minimum absolute atomic E-state index is 0.623. The van der Waals surface area contributed by atoms with E-state index in [0.717, 1.165) is 11.5 Å². The molecule has 2 aromatic heterocycles. The zero-order valence-electron chi connectivity index (χ0n) is 11.0. The van der Waals surface area contributed by atoms with Crippen LogP contribution >= 0.6 is 0 Å². The molecule has 2 heterocycles. The molecule has 0 bridgehead atoms. The molecule has 2 aromatic rings. The SMILES string of the molecule is CCOc1cccc(NCc2cn(C)nc2C)n1. The summed E-state index contributed by atoms with van der Waals surface area (Å²) in [5, 5.41) is 7.57. The molecule has 0 atom stereocenters. The van der Waals surface area contributed by atoms with Gasteiger partial charge in [-0.15, -0.1) is 0 Å². The average Bonchev–Trinajstić information content (AvgIpc) is 2.66. The lowest BCUT2D eigenvalue weighted by molar-refractivity contribution is 0.327. The zero-order valence-corrected chi connectivity index (χ0v) is 11.0. The molecular formula is C13H18N4O. The molecule has 96 valence electrons. The minimum atomic E-state index is 0.623. The van der Waals surface area contributed by atoms with Crippen LogP contribution in [0.25, 0.3) is 0 Å². The maximum atomic E-state index is 5.36. The van der Waals surface area contributed by atoms with Crippen molar-refractivity contribution in [2.75, 3.05) is 11.9 Å². The molecule has 0 saturated heterocycles. The summed E-state index contributed by atoms with van der Waals surface area (Å²) in [5.41, 5.74) is 2.20. The van der Waals surface area contributed by atoms with Crippen LogP contribution in [0.15, 0.2) is 24.4 Å². The van der Waals surface area contributed by atoms with Gasteiger partial charge in [-0.1, -0.05) is 6.07 Å². The lowest BCUT2D eigenvalue weighted by Crippen LogP contribution is -2.03. The number of hydrogen-bond donors (Lipinski definition) is 1. The van der Waals surface area contributed by atoms with Crippen LogP contribution in [0.4, 0.5) is 5.82 Å². The number of nitrogens with one attached hydrogen (secondary N) is 1. The van der Waals surface area contributed by atoms with Gasteiger partial charge in [-0.05, 0) is 19.9 Å². The number of pyridine rings is 1. The van der Waals surface area contributed by atoms with E-state index in [9.17, 15) is 0 Å². The summed E-state index contributed by atoms with van der Waals surface area (Å²) in [5.74, 6) is 1.45. The van der Waals surface area contributed by atoms with Gasteiger partial charge in [0.15, 0.2) is 0 Å².